The number of nitrogen functional groups attached to an aromatic ring is 1. The molecule has 17 heavy (non-hydrogen) atoms. The summed E-state index contributed by atoms with van der Waals surface area (Å²) in [5, 5.41) is 0. The maximum Gasteiger partial charge on any atom is 0.252 e. The molecule has 0 saturated heterocycles. The average Bonchev–Trinajstić information content (AvgIpc) is 2.71. The zero-order valence-electron chi connectivity index (χ0n) is 10.0. The summed E-state index contributed by atoms with van der Waals surface area (Å²) >= 11 is 0. The molecule has 0 atom stereocenters. The third-order valence-electron chi connectivity index (χ3n) is 2.90. The van der Waals surface area contributed by atoms with E-state index < -0.39 is 0 Å². The molecule has 5 nitrogen and oxygen atoms in total. The number of hydrogen-bond acceptors (Lipinski definition) is 4. The Hall–Kier alpha value is -1.75. The standard InChI is InChI=1S/C12H16N2O3/c1-16-7-12(15)14-4-3-8-5-11(17-2)9(13)6-10(8)14/h5-6H,3-4,7,13H2,1-2H3. The van der Waals surface area contributed by atoms with Crippen LogP contribution in [0.1, 0.15) is 5.56 Å². The van der Waals surface area contributed by atoms with Crippen molar-refractivity contribution in [3.8, 4) is 5.75 Å². The summed E-state index contributed by atoms with van der Waals surface area (Å²) in [6.07, 6.45) is 0.821. The monoisotopic (exact) mass is 236 g/mol. The lowest BCUT2D eigenvalue weighted by Gasteiger charge is -2.17. The van der Waals surface area contributed by atoms with Gasteiger partial charge in [0.25, 0.3) is 5.91 Å². The van der Waals surface area contributed by atoms with Gasteiger partial charge in [-0.1, -0.05) is 0 Å². The maximum atomic E-state index is 11.8. The van der Waals surface area contributed by atoms with Crippen LogP contribution in [0, 0.1) is 0 Å². The average molecular weight is 236 g/mol. The van der Waals surface area contributed by atoms with Crippen molar-refractivity contribution in [3.05, 3.63) is 17.7 Å². The molecule has 92 valence electrons. The van der Waals surface area contributed by atoms with Crippen LogP contribution in [0.5, 0.6) is 5.75 Å². The second-order valence-electron chi connectivity index (χ2n) is 3.95. The van der Waals surface area contributed by atoms with Gasteiger partial charge >= 0.3 is 0 Å². The number of nitrogens with zero attached hydrogens (tertiary/aromatic N) is 1. The summed E-state index contributed by atoms with van der Waals surface area (Å²) in [5.74, 6) is 0.612. The molecule has 1 aliphatic rings. The molecule has 0 aromatic heterocycles. The van der Waals surface area contributed by atoms with Gasteiger partial charge in [-0.25, -0.2) is 0 Å². The van der Waals surface area contributed by atoms with Gasteiger partial charge in [-0.3, -0.25) is 4.79 Å². The Labute approximate surface area is 100 Å². The Kier molecular flexibility index (Phi) is 3.19. The number of fused-ring (bicyclic) bond motifs is 1. The smallest absolute Gasteiger partial charge is 0.252 e. The van der Waals surface area contributed by atoms with Gasteiger partial charge in [-0.2, -0.15) is 0 Å². The molecule has 2 rings (SSSR count). The Morgan fingerprint density at radius 3 is 2.88 bits per heavy atom. The summed E-state index contributed by atoms with van der Waals surface area (Å²) in [6.45, 7) is 0.759. The van der Waals surface area contributed by atoms with Crippen LogP contribution < -0.4 is 15.4 Å². The van der Waals surface area contributed by atoms with Crippen molar-refractivity contribution in [2.75, 3.05) is 38.0 Å². The number of ether oxygens (including phenoxy) is 2. The van der Waals surface area contributed by atoms with Gasteiger partial charge in [0, 0.05) is 19.3 Å². The predicted molar refractivity (Wildman–Crippen MR) is 65.3 cm³/mol. The highest BCUT2D eigenvalue weighted by Crippen LogP contribution is 2.35. The normalized spacial score (nSPS) is 13.6. The summed E-state index contributed by atoms with van der Waals surface area (Å²) in [6, 6.07) is 3.68. The highest BCUT2D eigenvalue weighted by molar-refractivity contribution is 5.97. The van der Waals surface area contributed by atoms with Crippen molar-refractivity contribution >= 4 is 17.3 Å². The van der Waals surface area contributed by atoms with E-state index in [1.54, 1.807) is 18.1 Å². The van der Waals surface area contributed by atoms with E-state index in [0.717, 1.165) is 17.7 Å². The van der Waals surface area contributed by atoms with Crippen molar-refractivity contribution in [1.82, 2.24) is 0 Å². The number of anilines is 2. The first-order valence-electron chi connectivity index (χ1n) is 5.43. The van der Waals surface area contributed by atoms with Gasteiger partial charge in [0.2, 0.25) is 0 Å². The number of benzene rings is 1. The van der Waals surface area contributed by atoms with Crippen molar-refractivity contribution in [2.45, 2.75) is 6.42 Å². The lowest BCUT2D eigenvalue weighted by molar-refractivity contribution is -0.122. The van der Waals surface area contributed by atoms with Crippen LogP contribution in [0.15, 0.2) is 12.1 Å². The van der Waals surface area contributed by atoms with Crippen LogP contribution in [0.25, 0.3) is 0 Å². The van der Waals surface area contributed by atoms with E-state index in [0.29, 0.717) is 18.0 Å². The number of nitrogens with two attached hydrogens (primary N) is 1. The number of amides is 1. The fraction of sp³-hybridized carbons (Fsp3) is 0.417. The highest BCUT2D eigenvalue weighted by atomic mass is 16.5. The van der Waals surface area contributed by atoms with Crippen LogP contribution in [0.3, 0.4) is 0 Å². The largest absolute Gasteiger partial charge is 0.495 e. The predicted octanol–water partition coefficient (Wildman–Crippen LogP) is 0.813. The van der Waals surface area contributed by atoms with Crippen LogP contribution in [0.2, 0.25) is 0 Å². The number of carbonyl (C=O) groups excluding carboxylic acids is 1. The SMILES string of the molecule is COCC(=O)N1CCc2cc(OC)c(N)cc21. The van der Waals surface area contributed by atoms with Crippen molar-refractivity contribution in [2.24, 2.45) is 0 Å². The van der Waals surface area contributed by atoms with Gasteiger partial charge in [0.15, 0.2) is 0 Å². The number of methoxy groups -OCH3 is 2. The molecule has 0 aliphatic carbocycles. The van der Waals surface area contributed by atoms with E-state index in [2.05, 4.69) is 0 Å². The van der Waals surface area contributed by atoms with Crippen LogP contribution >= 0.6 is 0 Å². The van der Waals surface area contributed by atoms with Gasteiger partial charge in [0.1, 0.15) is 12.4 Å². The zero-order valence-corrected chi connectivity index (χ0v) is 10.0. The van der Waals surface area contributed by atoms with Crippen LogP contribution in [-0.4, -0.2) is 33.3 Å². The molecule has 0 radical (unpaired) electrons. The lowest BCUT2D eigenvalue weighted by atomic mass is 10.1. The molecule has 2 N–H and O–H groups in total. The molecule has 1 aromatic carbocycles. The van der Waals surface area contributed by atoms with E-state index in [1.165, 1.54) is 7.11 Å². The first-order valence-corrected chi connectivity index (χ1v) is 5.43. The highest BCUT2D eigenvalue weighted by Gasteiger charge is 2.25. The van der Waals surface area contributed by atoms with Gasteiger partial charge in [-0.05, 0) is 24.1 Å². The van der Waals surface area contributed by atoms with Crippen molar-refractivity contribution in [3.63, 3.8) is 0 Å². The summed E-state index contributed by atoms with van der Waals surface area (Å²) in [5.41, 5.74) is 8.34. The Balaban J connectivity index is 2.32. The van der Waals surface area contributed by atoms with Crippen LogP contribution in [0.4, 0.5) is 11.4 Å². The molecule has 1 amide bonds. The molecule has 0 saturated carbocycles. The van der Waals surface area contributed by atoms with Gasteiger partial charge in [-0.15, -0.1) is 0 Å². The molecule has 5 heteroatoms. The Bertz CT molecular complexity index is 446. The van der Waals surface area contributed by atoms with Crippen molar-refractivity contribution < 1.29 is 14.3 Å². The second-order valence-corrected chi connectivity index (χ2v) is 3.95. The zero-order chi connectivity index (χ0) is 12.4. The van der Waals surface area contributed by atoms with Crippen LogP contribution in [-0.2, 0) is 16.0 Å². The number of hydrogen-bond donors (Lipinski definition) is 1. The summed E-state index contributed by atoms with van der Waals surface area (Å²) in [4.78, 5) is 13.5. The fourth-order valence-corrected chi connectivity index (χ4v) is 2.07. The second kappa shape index (κ2) is 4.63. The minimum atomic E-state index is -0.0455. The fourth-order valence-electron chi connectivity index (χ4n) is 2.07. The third kappa shape index (κ3) is 2.06. The van der Waals surface area contributed by atoms with Gasteiger partial charge in [0.05, 0.1) is 12.8 Å². The molecule has 1 aliphatic heterocycles. The Morgan fingerprint density at radius 2 is 2.24 bits per heavy atom. The molecule has 0 bridgehead atoms. The first-order chi connectivity index (χ1) is 8.17. The Morgan fingerprint density at radius 1 is 1.47 bits per heavy atom. The number of carbonyl (C=O) groups is 1. The maximum absolute atomic E-state index is 11.8. The molecule has 0 fully saturated rings. The number of rotatable bonds is 3. The summed E-state index contributed by atoms with van der Waals surface area (Å²) < 4.78 is 10.0. The minimum Gasteiger partial charge on any atom is -0.495 e. The van der Waals surface area contributed by atoms with E-state index in [1.807, 2.05) is 6.07 Å². The first kappa shape index (κ1) is 11.7. The molecule has 1 aromatic rings. The molecule has 0 spiro atoms. The summed E-state index contributed by atoms with van der Waals surface area (Å²) in [7, 11) is 3.10. The van der Waals surface area contributed by atoms with E-state index in [9.17, 15) is 4.79 Å². The minimum absolute atomic E-state index is 0.0455. The quantitative estimate of drug-likeness (QED) is 0.789. The topological polar surface area (TPSA) is 64.8 Å². The van der Waals surface area contributed by atoms with E-state index in [-0.39, 0.29) is 12.5 Å². The van der Waals surface area contributed by atoms with Gasteiger partial charge < -0.3 is 20.1 Å². The molecule has 0 unspecified atom stereocenters. The van der Waals surface area contributed by atoms with Crippen molar-refractivity contribution in [1.29, 1.82) is 0 Å². The molecular weight excluding hydrogens is 220 g/mol. The molecule has 1 heterocycles. The lowest BCUT2D eigenvalue weighted by Crippen LogP contribution is -2.32. The third-order valence-corrected chi connectivity index (χ3v) is 2.90. The molecular formula is C12H16N2O3. The van der Waals surface area contributed by atoms with E-state index >= 15 is 0 Å². The van der Waals surface area contributed by atoms with E-state index in [4.69, 9.17) is 15.2 Å².